The van der Waals surface area contributed by atoms with Crippen molar-refractivity contribution in [3.63, 3.8) is 0 Å². The Labute approximate surface area is 155 Å². The maximum atomic E-state index is 10.6. The van der Waals surface area contributed by atoms with Crippen molar-refractivity contribution in [3.05, 3.63) is 77.9 Å². The fourth-order valence-corrected chi connectivity index (χ4v) is 3.19. The number of rotatable bonds is 6. The molecular formula is C22H27NO3. The summed E-state index contributed by atoms with van der Waals surface area (Å²) in [5.41, 5.74) is 2.16. The molecule has 0 amide bonds. The maximum absolute atomic E-state index is 10.6. The van der Waals surface area contributed by atoms with E-state index in [0.717, 1.165) is 11.1 Å². The first kappa shape index (κ1) is 18.8. The highest BCUT2D eigenvalue weighted by atomic mass is 16.8. The predicted octanol–water partition coefficient (Wildman–Crippen LogP) is 4.50. The van der Waals surface area contributed by atoms with Gasteiger partial charge in [0.2, 0.25) is 0 Å². The van der Waals surface area contributed by atoms with Gasteiger partial charge in [-0.25, -0.2) is 0 Å². The van der Waals surface area contributed by atoms with E-state index in [1.165, 1.54) is 5.06 Å². The molecule has 1 N–H and O–H groups in total. The largest absolute Gasteiger partial charge is 0.342 e. The molecule has 138 valence electrons. The normalized spacial score (nSPS) is 23.6. The molecule has 0 saturated carbocycles. The molecule has 3 atom stereocenters. The van der Waals surface area contributed by atoms with Crippen molar-refractivity contribution >= 4 is 6.08 Å². The number of benzene rings is 2. The van der Waals surface area contributed by atoms with E-state index in [9.17, 15) is 5.21 Å². The predicted molar refractivity (Wildman–Crippen MR) is 103 cm³/mol. The van der Waals surface area contributed by atoms with Gasteiger partial charge in [-0.2, -0.15) is 5.06 Å². The van der Waals surface area contributed by atoms with E-state index in [1.807, 2.05) is 93.6 Å². The van der Waals surface area contributed by atoms with Gasteiger partial charge in [0.15, 0.2) is 5.79 Å². The van der Waals surface area contributed by atoms with E-state index < -0.39 is 5.79 Å². The highest BCUT2D eigenvalue weighted by Gasteiger charge is 2.44. The van der Waals surface area contributed by atoms with E-state index in [-0.39, 0.29) is 18.2 Å². The fraction of sp³-hybridized carbons (Fsp3) is 0.364. The molecule has 0 bridgehead atoms. The molecule has 1 saturated heterocycles. The standard InChI is InChI=1S/C22H27NO3/c1-17(23(24)16-19-12-8-5-9-13-19)21-20(25-22(2,3)26-21)15-14-18-10-6-4-7-11-18/h4-15,17,20-21,24H,16H2,1-3H3/b15-14+/t17-,20+,21-/m1/s1. The first-order chi connectivity index (χ1) is 12.4. The summed E-state index contributed by atoms with van der Waals surface area (Å²) in [7, 11) is 0. The summed E-state index contributed by atoms with van der Waals surface area (Å²) in [4.78, 5) is 0. The van der Waals surface area contributed by atoms with Gasteiger partial charge < -0.3 is 14.7 Å². The lowest BCUT2D eigenvalue weighted by atomic mass is 10.0. The Morgan fingerprint density at radius 3 is 2.31 bits per heavy atom. The lowest BCUT2D eigenvalue weighted by molar-refractivity contribution is -0.184. The zero-order chi connectivity index (χ0) is 18.6. The second-order valence-corrected chi connectivity index (χ2v) is 7.16. The molecule has 2 aromatic rings. The lowest BCUT2D eigenvalue weighted by Crippen LogP contribution is -2.43. The van der Waals surface area contributed by atoms with Gasteiger partial charge in [0.25, 0.3) is 0 Å². The minimum atomic E-state index is -0.682. The maximum Gasteiger partial charge on any atom is 0.164 e. The van der Waals surface area contributed by atoms with Crippen LogP contribution in [-0.2, 0) is 16.0 Å². The van der Waals surface area contributed by atoms with E-state index in [2.05, 4.69) is 0 Å². The Kier molecular flexibility index (Phi) is 5.89. The molecule has 1 aliphatic rings. The molecular weight excluding hydrogens is 326 g/mol. The molecule has 1 heterocycles. The van der Waals surface area contributed by atoms with Crippen molar-refractivity contribution in [3.8, 4) is 0 Å². The zero-order valence-corrected chi connectivity index (χ0v) is 15.6. The minimum absolute atomic E-state index is 0.220. The number of hydrogen-bond acceptors (Lipinski definition) is 4. The zero-order valence-electron chi connectivity index (χ0n) is 15.6. The van der Waals surface area contributed by atoms with Gasteiger partial charge in [-0.1, -0.05) is 72.8 Å². The number of hydroxylamine groups is 2. The van der Waals surface area contributed by atoms with Crippen LogP contribution >= 0.6 is 0 Å². The summed E-state index contributed by atoms with van der Waals surface area (Å²) >= 11 is 0. The molecule has 4 heteroatoms. The molecule has 26 heavy (non-hydrogen) atoms. The first-order valence-electron chi connectivity index (χ1n) is 9.03. The Balaban J connectivity index is 1.71. The Morgan fingerprint density at radius 1 is 1.04 bits per heavy atom. The second kappa shape index (κ2) is 8.14. The number of hydrogen-bond donors (Lipinski definition) is 1. The molecule has 1 aliphatic heterocycles. The second-order valence-electron chi connectivity index (χ2n) is 7.16. The summed E-state index contributed by atoms with van der Waals surface area (Å²) in [6.45, 7) is 6.21. The number of nitrogens with zero attached hydrogens (tertiary/aromatic N) is 1. The lowest BCUT2D eigenvalue weighted by Gasteiger charge is -2.29. The summed E-state index contributed by atoms with van der Waals surface area (Å²) in [5.74, 6) is -0.682. The average Bonchev–Trinajstić information content (AvgIpc) is 2.95. The average molecular weight is 353 g/mol. The number of ether oxygens (including phenoxy) is 2. The van der Waals surface area contributed by atoms with Crippen LogP contribution in [0.5, 0.6) is 0 Å². The van der Waals surface area contributed by atoms with Crippen LogP contribution in [-0.4, -0.2) is 34.3 Å². The van der Waals surface area contributed by atoms with Crippen molar-refractivity contribution in [2.24, 2.45) is 0 Å². The van der Waals surface area contributed by atoms with Crippen molar-refractivity contribution in [1.29, 1.82) is 0 Å². The van der Waals surface area contributed by atoms with Gasteiger partial charge in [-0.3, -0.25) is 0 Å². The molecule has 1 fully saturated rings. The van der Waals surface area contributed by atoms with E-state index >= 15 is 0 Å². The van der Waals surface area contributed by atoms with Crippen LogP contribution in [0.3, 0.4) is 0 Å². The molecule has 3 rings (SSSR count). The van der Waals surface area contributed by atoms with Crippen LogP contribution in [0, 0.1) is 0 Å². The van der Waals surface area contributed by atoms with Crippen LogP contribution in [0.1, 0.15) is 31.9 Å². The van der Waals surface area contributed by atoms with Crippen LogP contribution < -0.4 is 0 Å². The molecule has 0 unspecified atom stereocenters. The van der Waals surface area contributed by atoms with Gasteiger partial charge in [0.1, 0.15) is 12.2 Å². The van der Waals surface area contributed by atoms with Crippen molar-refractivity contribution in [2.75, 3.05) is 0 Å². The molecule has 0 radical (unpaired) electrons. The summed E-state index contributed by atoms with van der Waals surface area (Å²) < 4.78 is 12.2. The van der Waals surface area contributed by atoms with Gasteiger partial charge >= 0.3 is 0 Å². The van der Waals surface area contributed by atoms with Gasteiger partial charge in [0, 0.05) is 6.54 Å². The first-order valence-corrected chi connectivity index (χ1v) is 9.03. The molecule has 0 spiro atoms. The van der Waals surface area contributed by atoms with E-state index in [4.69, 9.17) is 9.47 Å². The third kappa shape index (κ3) is 4.80. The summed E-state index contributed by atoms with van der Waals surface area (Å²) in [6.07, 6.45) is 3.56. The molecule has 2 aromatic carbocycles. The quantitative estimate of drug-likeness (QED) is 0.777. The smallest absolute Gasteiger partial charge is 0.164 e. The topological polar surface area (TPSA) is 41.9 Å². The summed E-state index contributed by atoms with van der Waals surface area (Å²) in [6, 6.07) is 19.8. The molecule has 0 aliphatic carbocycles. The Bertz CT molecular complexity index is 715. The van der Waals surface area contributed by atoms with Gasteiger partial charge in [0.05, 0.1) is 6.04 Å². The third-order valence-electron chi connectivity index (χ3n) is 4.57. The van der Waals surface area contributed by atoms with Crippen LogP contribution in [0.4, 0.5) is 0 Å². The van der Waals surface area contributed by atoms with Gasteiger partial charge in [-0.05, 0) is 31.9 Å². The van der Waals surface area contributed by atoms with E-state index in [0.29, 0.717) is 6.54 Å². The highest BCUT2D eigenvalue weighted by Crippen LogP contribution is 2.32. The fourth-order valence-electron chi connectivity index (χ4n) is 3.19. The van der Waals surface area contributed by atoms with Crippen molar-refractivity contribution < 1.29 is 14.7 Å². The van der Waals surface area contributed by atoms with Crippen LogP contribution in [0.2, 0.25) is 0 Å². The highest BCUT2D eigenvalue weighted by molar-refractivity contribution is 5.49. The van der Waals surface area contributed by atoms with E-state index in [1.54, 1.807) is 0 Å². The monoisotopic (exact) mass is 353 g/mol. The Morgan fingerprint density at radius 2 is 1.65 bits per heavy atom. The van der Waals surface area contributed by atoms with Crippen LogP contribution in [0.25, 0.3) is 6.08 Å². The van der Waals surface area contributed by atoms with Crippen molar-refractivity contribution in [1.82, 2.24) is 5.06 Å². The third-order valence-corrected chi connectivity index (χ3v) is 4.57. The minimum Gasteiger partial charge on any atom is -0.342 e. The van der Waals surface area contributed by atoms with Crippen molar-refractivity contribution in [2.45, 2.75) is 51.4 Å². The Hall–Kier alpha value is -1.98. The SMILES string of the molecule is C[C@H]([C@H]1OC(C)(C)O[C@H]1/C=C/c1ccccc1)N(O)Cc1ccccc1. The molecule has 0 aromatic heterocycles. The summed E-state index contributed by atoms with van der Waals surface area (Å²) in [5, 5.41) is 11.9. The molecule has 4 nitrogen and oxygen atoms in total. The van der Waals surface area contributed by atoms with Crippen LogP contribution in [0.15, 0.2) is 66.7 Å². The van der Waals surface area contributed by atoms with Gasteiger partial charge in [-0.15, -0.1) is 0 Å².